The van der Waals surface area contributed by atoms with Crippen LogP contribution in [0.25, 0.3) is 21.8 Å². The van der Waals surface area contributed by atoms with E-state index in [2.05, 4.69) is 20.5 Å². The van der Waals surface area contributed by atoms with Gasteiger partial charge in [0, 0.05) is 6.20 Å². The first-order valence-electron chi connectivity index (χ1n) is 8.82. The van der Waals surface area contributed by atoms with Gasteiger partial charge in [0.25, 0.3) is 5.56 Å². The second-order valence-electron chi connectivity index (χ2n) is 6.56. The number of anilines is 2. The number of benzene rings is 1. The third kappa shape index (κ3) is 4.09. The number of carbonyl (C=O) groups is 1. The van der Waals surface area contributed by atoms with Gasteiger partial charge >= 0.3 is 6.18 Å². The molecule has 3 heterocycles. The normalized spacial score (nSPS) is 11.7. The van der Waals surface area contributed by atoms with Crippen molar-refractivity contribution < 1.29 is 18.0 Å². The number of fused-ring (bicyclic) bond motifs is 2. The average molecular weight is 416 g/mol. The van der Waals surface area contributed by atoms with Crippen LogP contribution in [0.3, 0.4) is 0 Å². The summed E-state index contributed by atoms with van der Waals surface area (Å²) in [5.74, 6) is -0.909. The second-order valence-corrected chi connectivity index (χ2v) is 6.56. The Morgan fingerprint density at radius 3 is 2.83 bits per heavy atom. The van der Waals surface area contributed by atoms with Crippen molar-refractivity contribution in [2.24, 2.45) is 0 Å². The van der Waals surface area contributed by atoms with Crippen LogP contribution >= 0.6 is 0 Å². The number of halogens is 3. The summed E-state index contributed by atoms with van der Waals surface area (Å²) in [4.78, 5) is 29.0. The number of pyridine rings is 2. The van der Waals surface area contributed by atoms with Gasteiger partial charge in [0.2, 0.25) is 5.91 Å². The zero-order chi connectivity index (χ0) is 21.3. The largest absolute Gasteiger partial charge is 0.405 e. The van der Waals surface area contributed by atoms with Crippen LogP contribution < -0.4 is 16.2 Å². The first-order chi connectivity index (χ1) is 14.3. The number of H-pyrrole nitrogens is 1. The maximum atomic E-state index is 12.9. The monoisotopic (exact) mass is 416 g/mol. The van der Waals surface area contributed by atoms with E-state index in [-0.39, 0.29) is 0 Å². The number of amides is 1. The van der Waals surface area contributed by atoms with E-state index in [0.717, 1.165) is 4.57 Å². The quantitative estimate of drug-likeness (QED) is 0.464. The van der Waals surface area contributed by atoms with Gasteiger partial charge in [0.15, 0.2) is 0 Å². The molecule has 0 bridgehead atoms. The number of hydrogen-bond acceptors (Lipinski definition) is 5. The van der Waals surface area contributed by atoms with Crippen LogP contribution in [0.5, 0.6) is 0 Å². The van der Waals surface area contributed by atoms with E-state index in [1.54, 1.807) is 48.0 Å². The Balaban J connectivity index is 1.65. The Kier molecular flexibility index (Phi) is 4.86. The molecule has 4 aromatic rings. The molecule has 0 fully saturated rings. The van der Waals surface area contributed by atoms with Gasteiger partial charge in [-0.2, -0.15) is 18.3 Å². The topological polar surface area (TPSA) is 105 Å². The molecular formula is C19H15F3N6O2. The predicted molar refractivity (Wildman–Crippen MR) is 104 cm³/mol. The maximum absolute atomic E-state index is 12.9. The third-order valence-electron chi connectivity index (χ3n) is 4.37. The average Bonchev–Trinajstić information content (AvgIpc) is 3.16. The van der Waals surface area contributed by atoms with Crippen LogP contribution in [-0.4, -0.2) is 38.4 Å². The number of carbonyl (C=O) groups excluding carboxylic acids is 1. The highest BCUT2D eigenvalue weighted by molar-refractivity contribution is 5.95. The smallest absolute Gasteiger partial charge is 0.354 e. The molecule has 4 rings (SSSR count). The maximum Gasteiger partial charge on any atom is 0.405 e. The summed E-state index contributed by atoms with van der Waals surface area (Å²) in [5, 5.41) is 12.5. The SMILES string of the molecule is O=C(Cn1ccc2cccc(Nc3cnc4cn[nH]c4c3)c2c1=O)NCC(F)(F)F. The van der Waals surface area contributed by atoms with Gasteiger partial charge in [-0.3, -0.25) is 19.7 Å². The number of rotatable bonds is 5. The van der Waals surface area contributed by atoms with E-state index in [1.165, 1.54) is 6.20 Å². The molecule has 30 heavy (non-hydrogen) atoms. The van der Waals surface area contributed by atoms with Gasteiger partial charge in [-0.05, 0) is 23.6 Å². The summed E-state index contributed by atoms with van der Waals surface area (Å²) in [6.07, 6.45) is 0.0208. The van der Waals surface area contributed by atoms with E-state index in [1.807, 2.05) is 0 Å². The molecule has 0 saturated heterocycles. The lowest BCUT2D eigenvalue weighted by Crippen LogP contribution is -2.37. The fourth-order valence-electron chi connectivity index (χ4n) is 3.02. The van der Waals surface area contributed by atoms with Gasteiger partial charge < -0.3 is 15.2 Å². The highest BCUT2D eigenvalue weighted by Gasteiger charge is 2.27. The number of aromatic amines is 1. The Hall–Kier alpha value is -3.89. The van der Waals surface area contributed by atoms with E-state index in [9.17, 15) is 22.8 Å². The van der Waals surface area contributed by atoms with E-state index in [4.69, 9.17) is 0 Å². The van der Waals surface area contributed by atoms with Crippen molar-refractivity contribution in [2.75, 3.05) is 11.9 Å². The highest BCUT2D eigenvalue weighted by Crippen LogP contribution is 2.24. The summed E-state index contributed by atoms with van der Waals surface area (Å²) < 4.78 is 37.9. The standard InChI is InChI=1S/C19H15F3N6O2/c20-19(21,22)10-24-16(29)9-28-5-4-11-2-1-3-13(17(11)18(28)30)26-12-6-14-15(23-7-12)8-25-27-14/h1-8,26H,9-10H2,(H,24,29)(H,25,27). The van der Waals surface area contributed by atoms with Crippen molar-refractivity contribution in [3.8, 4) is 0 Å². The summed E-state index contributed by atoms with van der Waals surface area (Å²) in [6.45, 7) is -1.98. The molecule has 0 unspecified atom stereocenters. The Morgan fingerprint density at radius 1 is 1.20 bits per heavy atom. The highest BCUT2D eigenvalue weighted by atomic mass is 19.4. The zero-order valence-electron chi connectivity index (χ0n) is 15.3. The number of hydrogen-bond donors (Lipinski definition) is 3. The molecule has 0 atom stereocenters. The Morgan fingerprint density at radius 2 is 2.03 bits per heavy atom. The van der Waals surface area contributed by atoms with Crippen LogP contribution in [0.2, 0.25) is 0 Å². The minimum Gasteiger partial charge on any atom is -0.354 e. The van der Waals surface area contributed by atoms with Gasteiger partial charge in [-0.15, -0.1) is 0 Å². The first-order valence-corrected chi connectivity index (χ1v) is 8.82. The minimum atomic E-state index is -4.52. The molecule has 0 saturated carbocycles. The molecule has 0 aliphatic heterocycles. The lowest BCUT2D eigenvalue weighted by atomic mass is 10.1. The Bertz CT molecular complexity index is 1290. The summed E-state index contributed by atoms with van der Waals surface area (Å²) in [5.41, 5.74) is 1.97. The Labute approximate surface area is 166 Å². The van der Waals surface area contributed by atoms with Crippen molar-refractivity contribution in [3.05, 3.63) is 59.3 Å². The van der Waals surface area contributed by atoms with E-state index in [0.29, 0.717) is 33.2 Å². The molecule has 11 heteroatoms. The van der Waals surface area contributed by atoms with Crippen LogP contribution in [0.15, 0.2) is 53.7 Å². The van der Waals surface area contributed by atoms with Crippen molar-refractivity contribution in [3.63, 3.8) is 0 Å². The molecule has 0 radical (unpaired) electrons. The van der Waals surface area contributed by atoms with Gasteiger partial charge in [-0.25, -0.2) is 0 Å². The van der Waals surface area contributed by atoms with Crippen LogP contribution in [0, 0.1) is 0 Å². The lowest BCUT2D eigenvalue weighted by Gasteiger charge is -2.13. The fraction of sp³-hybridized carbons (Fsp3) is 0.158. The fourth-order valence-corrected chi connectivity index (χ4v) is 3.02. The minimum absolute atomic E-state index is 0.299. The molecule has 3 N–H and O–H groups in total. The van der Waals surface area contributed by atoms with Crippen LogP contribution in [0.1, 0.15) is 0 Å². The molecule has 8 nitrogen and oxygen atoms in total. The molecule has 154 valence electrons. The number of nitrogens with one attached hydrogen (secondary N) is 3. The van der Waals surface area contributed by atoms with Crippen molar-refractivity contribution >= 4 is 39.1 Å². The molecular weight excluding hydrogens is 401 g/mol. The summed E-state index contributed by atoms with van der Waals surface area (Å²) >= 11 is 0. The molecule has 1 aromatic carbocycles. The molecule has 0 aliphatic carbocycles. The second kappa shape index (κ2) is 7.50. The van der Waals surface area contributed by atoms with Crippen LogP contribution in [0.4, 0.5) is 24.5 Å². The van der Waals surface area contributed by atoms with Crippen molar-refractivity contribution in [1.82, 2.24) is 25.1 Å². The number of aromatic nitrogens is 4. The zero-order valence-corrected chi connectivity index (χ0v) is 15.3. The predicted octanol–water partition coefficient (Wildman–Crippen LogP) is 2.69. The van der Waals surface area contributed by atoms with Crippen molar-refractivity contribution in [2.45, 2.75) is 12.7 Å². The van der Waals surface area contributed by atoms with Gasteiger partial charge in [0.1, 0.15) is 18.6 Å². The first kappa shape index (κ1) is 19.4. The molecule has 0 spiro atoms. The van der Waals surface area contributed by atoms with Crippen LogP contribution in [-0.2, 0) is 11.3 Å². The van der Waals surface area contributed by atoms with Gasteiger partial charge in [-0.1, -0.05) is 12.1 Å². The number of alkyl halides is 3. The summed E-state index contributed by atoms with van der Waals surface area (Å²) in [6, 6.07) is 8.57. The molecule has 3 aromatic heterocycles. The summed E-state index contributed by atoms with van der Waals surface area (Å²) in [7, 11) is 0. The third-order valence-corrected chi connectivity index (χ3v) is 4.37. The number of nitrogens with zero attached hydrogens (tertiary/aromatic N) is 3. The lowest BCUT2D eigenvalue weighted by molar-refractivity contribution is -0.138. The molecule has 0 aliphatic rings. The van der Waals surface area contributed by atoms with Gasteiger partial charge in [0.05, 0.1) is 34.7 Å². The molecule has 1 amide bonds. The van der Waals surface area contributed by atoms with E-state index < -0.39 is 30.7 Å². The van der Waals surface area contributed by atoms with E-state index >= 15 is 0 Å². The van der Waals surface area contributed by atoms with Crippen molar-refractivity contribution in [1.29, 1.82) is 0 Å².